The smallest absolute Gasteiger partial charge is 0.337 e. The number of nitrogens with one attached hydrogen (secondary N) is 1. The molecule has 0 saturated carbocycles. The summed E-state index contributed by atoms with van der Waals surface area (Å²) in [7, 11) is -4.14. The summed E-state index contributed by atoms with van der Waals surface area (Å²) in [6, 6.07) is 7.07. The van der Waals surface area contributed by atoms with Gasteiger partial charge in [0.25, 0.3) is 10.0 Å². The number of rotatable bonds is 4. The lowest BCUT2D eigenvalue weighted by Gasteiger charge is -2.12. The first-order valence-corrected chi connectivity index (χ1v) is 7.88. The molecule has 0 unspecified atom stereocenters. The van der Waals surface area contributed by atoms with Gasteiger partial charge in [-0.1, -0.05) is 23.2 Å². The molecule has 0 aliphatic heterocycles. The third kappa shape index (κ3) is 3.37. The average molecular weight is 344 g/mol. The van der Waals surface area contributed by atoms with Crippen molar-refractivity contribution < 1.29 is 22.7 Å². The quantitative estimate of drug-likeness (QED) is 0.892. The molecule has 0 atom stereocenters. The molecule has 2 aromatic rings. The number of carboxylic acids is 1. The minimum absolute atomic E-state index is 0.0986. The molecule has 8 heteroatoms. The number of anilines is 1. The van der Waals surface area contributed by atoms with Crippen LogP contribution in [0.1, 0.15) is 15.9 Å². The van der Waals surface area contributed by atoms with Gasteiger partial charge in [0.05, 0.1) is 16.3 Å². The summed E-state index contributed by atoms with van der Waals surface area (Å²) in [5.41, 5.74) is 0.375. The zero-order chi connectivity index (χ0) is 16.5. The van der Waals surface area contributed by atoms with Gasteiger partial charge in [-0.2, -0.15) is 0 Å². The summed E-state index contributed by atoms with van der Waals surface area (Å²) in [4.78, 5) is 10.9. The maximum absolute atomic E-state index is 13.0. The lowest BCUT2D eigenvalue weighted by atomic mass is 10.1. The van der Waals surface area contributed by atoms with Gasteiger partial charge < -0.3 is 5.11 Å². The van der Waals surface area contributed by atoms with Crippen LogP contribution in [0, 0.1) is 12.7 Å². The Bertz CT molecular complexity index is 852. The van der Waals surface area contributed by atoms with E-state index in [2.05, 4.69) is 4.72 Å². The predicted octanol–water partition coefficient (Wildman–Crippen LogP) is 3.29. The van der Waals surface area contributed by atoms with Crippen molar-refractivity contribution in [3.63, 3.8) is 0 Å². The van der Waals surface area contributed by atoms with E-state index in [-0.39, 0.29) is 21.2 Å². The second-order valence-corrected chi connectivity index (χ2v) is 6.59. The predicted molar refractivity (Wildman–Crippen MR) is 80.4 cm³/mol. The van der Waals surface area contributed by atoms with E-state index in [0.29, 0.717) is 5.56 Å². The van der Waals surface area contributed by atoms with Crippen LogP contribution in [0.4, 0.5) is 10.1 Å². The highest BCUT2D eigenvalue weighted by Gasteiger charge is 2.21. The molecule has 0 aliphatic rings. The van der Waals surface area contributed by atoms with E-state index in [1.807, 2.05) is 0 Å². The standard InChI is InChI=1S/C14H11ClFNO4S/c1-8-2-4-12(10(6-8)14(18)19)17-22(20,21)13-5-3-9(16)7-11(13)15/h2-7,17H,1H3,(H,18,19). The molecule has 22 heavy (non-hydrogen) atoms. The van der Waals surface area contributed by atoms with Crippen molar-refractivity contribution in [2.24, 2.45) is 0 Å². The Morgan fingerprint density at radius 1 is 1.23 bits per heavy atom. The molecule has 0 spiro atoms. The number of hydrogen-bond acceptors (Lipinski definition) is 3. The van der Waals surface area contributed by atoms with E-state index < -0.39 is 21.8 Å². The van der Waals surface area contributed by atoms with Crippen LogP contribution < -0.4 is 4.72 Å². The van der Waals surface area contributed by atoms with E-state index in [1.165, 1.54) is 12.1 Å². The number of hydrogen-bond donors (Lipinski definition) is 2. The molecule has 0 aromatic heterocycles. The molecule has 0 radical (unpaired) electrons. The van der Waals surface area contributed by atoms with Crippen molar-refractivity contribution >= 4 is 33.3 Å². The van der Waals surface area contributed by atoms with Crippen LogP contribution in [0.2, 0.25) is 5.02 Å². The van der Waals surface area contributed by atoms with Crippen molar-refractivity contribution in [3.05, 3.63) is 58.4 Å². The van der Waals surface area contributed by atoms with Gasteiger partial charge in [0.15, 0.2) is 0 Å². The van der Waals surface area contributed by atoms with Crippen molar-refractivity contribution in [1.29, 1.82) is 0 Å². The molecule has 116 valence electrons. The summed E-state index contributed by atoms with van der Waals surface area (Å²) >= 11 is 5.73. The second-order valence-electron chi connectivity index (χ2n) is 4.53. The first-order valence-electron chi connectivity index (χ1n) is 6.02. The Morgan fingerprint density at radius 2 is 1.91 bits per heavy atom. The molecule has 0 aliphatic carbocycles. The molecular weight excluding hydrogens is 333 g/mol. The fourth-order valence-corrected chi connectivity index (χ4v) is 3.43. The first-order chi connectivity index (χ1) is 10.2. The fraction of sp³-hybridized carbons (Fsp3) is 0.0714. The zero-order valence-corrected chi connectivity index (χ0v) is 12.9. The third-order valence-electron chi connectivity index (χ3n) is 2.83. The van der Waals surface area contributed by atoms with Crippen molar-refractivity contribution in [1.82, 2.24) is 0 Å². The van der Waals surface area contributed by atoms with Gasteiger partial charge >= 0.3 is 5.97 Å². The summed E-state index contributed by atoms with van der Waals surface area (Å²) in [5, 5.41) is 8.84. The number of carbonyl (C=O) groups is 1. The number of aromatic carboxylic acids is 1. The van der Waals surface area contributed by atoms with E-state index in [0.717, 1.165) is 18.2 Å². The van der Waals surface area contributed by atoms with E-state index >= 15 is 0 Å². The topological polar surface area (TPSA) is 83.5 Å². The SMILES string of the molecule is Cc1ccc(NS(=O)(=O)c2ccc(F)cc2Cl)c(C(=O)O)c1. The number of benzene rings is 2. The summed E-state index contributed by atoms with van der Waals surface area (Å²) in [6.07, 6.45) is 0. The number of halogens is 2. The molecule has 0 amide bonds. The van der Waals surface area contributed by atoms with E-state index in [9.17, 15) is 17.6 Å². The van der Waals surface area contributed by atoms with Crippen LogP contribution >= 0.6 is 11.6 Å². The van der Waals surface area contributed by atoms with Crippen molar-refractivity contribution in [3.8, 4) is 0 Å². The Hall–Kier alpha value is -2.12. The molecule has 2 aromatic carbocycles. The average Bonchev–Trinajstić information content (AvgIpc) is 2.39. The first kappa shape index (κ1) is 16.3. The van der Waals surface area contributed by atoms with Gasteiger partial charge in [-0.3, -0.25) is 4.72 Å². The van der Waals surface area contributed by atoms with Gasteiger partial charge in [-0.25, -0.2) is 17.6 Å². The maximum atomic E-state index is 13.0. The lowest BCUT2D eigenvalue weighted by molar-refractivity contribution is 0.0698. The van der Waals surface area contributed by atoms with Crippen LogP contribution in [-0.4, -0.2) is 19.5 Å². The molecule has 0 bridgehead atoms. The van der Waals surface area contributed by atoms with E-state index in [4.69, 9.17) is 16.7 Å². The van der Waals surface area contributed by atoms with Gasteiger partial charge in [0, 0.05) is 0 Å². The number of sulfonamides is 1. The largest absolute Gasteiger partial charge is 0.478 e. The molecule has 0 saturated heterocycles. The number of aryl methyl sites for hydroxylation is 1. The van der Waals surface area contributed by atoms with Crippen LogP contribution in [0.25, 0.3) is 0 Å². The van der Waals surface area contributed by atoms with Gasteiger partial charge in [-0.05, 0) is 37.3 Å². The summed E-state index contributed by atoms with van der Waals surface area (Å²) < 4.78 is 39.7. The molecule has 5 nitrogen and oxygen atoms in total. The van der Waals surface area contributed by atoms with E-state index in [1.54, 1.807) is 13.0 Å². The maximum Gasteiger partial charge on any atom is 0.337 e. The Kier molecular flexibility index (Phi) is 4.39. The Labute approximate surface area is 131 Å². The highest BCUT2D eigenvalue weighted by molar-refractivity contribution is 7.92. The minimum Gasteiger partial charge on any atom is -0.478 e. The zero-order valence-electron chi connectivity index (χ0n) is 11.3. The lowest BCUT2D eigenvalue weighted by Crippen LogP contribution is -2.16. The molecule has 2 N–H and O–H groups in total. The van der Waals surface area contributed by atoms with Crippen molar-refractivity contribution in [2.45, 2.75) is 11.8 Å². The Balaban J connectivity index is 2.47. The molecular formula is C14H11ClFNO4S. The molecule has 2 rings (SSSR count). The monoisotopic (exact) mass is 343 g/mol. The van der Waals surface area contributed by atoms with Crippen LogP contribution in [0.5, 0.6) is 0 Å². The van der Waals surface area contributed by atoms with Gasteiger partial charge in [0.2, 0.25) is 0 Å². The van der Waals surface area contributed by atoms with Crippen LogP contribution in [0.15, 0.2) is 41.3 Å². The van der Waals surface area contributed by atoms with Crippen LogP contribution in [-0.2, 0) is 10.0 Å². The highest BCUT2D eigenvalue weighted by atomic mass is 35.5. The minimum atomic E-state index is -4.14. The van der Waals surface area contributed by atoms with Crippen molar-refractivity contribution in [2.75, 3.05) is 4.72 Å². The second kappa shape index (κ2) is 5.94. The molecule has 0 fully saturated rings. The Morgan fingerprint density at radius 3 is 2.50 bits per heavy atom. The van der Waals surface area contributed by atoms with Gasteiger partial charge in [0.1, 0.15) is 10.7 Å². The fourth-order valence-electron chi connectivity index (χ4n) is 1.82. The normalized spacial score (nSPS) is 11.2. The van der Waals surface area contributed by atoms with Gasteiger partial charge in [-0.15, -0.1) is 0 Å². The van der Waals surface area contributed by atoms with Crippen LogP contribution in [0.3, 0.4) is 0 Å². The summed E-state index contributed by atoms with van der Waals surface area (Å²) in [5.74, 6) is -1.95. The summed E-state index contributed by atoms with van der Waals surface area (Å²) in [6.45, 7) is 1.68. The third-order valence-corrected chi connectivity index (χ3v) is 4.68. The molecule has 0 heterocycles. The highest BCUT2D eigenvalue weighted by Crippen LogP contribution is 2.26. The number of carboxylic acid groups (broad SMARTS) is 1.